The van der Waals surface area contributed by atoms with E-state index < -0.39 is 15.2 Å². The second kappa shape index (κ2) is 10.3. The third kappa shape index (κ3) is 4.95. The Hall–Kier alpha value is -2.34. The summed E-state index contributed by atoms with van der Waals surface area (Å²) in [5.74, 6) is 0. The van der Waals surface area contributed by atoms with Gasteiger partial charge in [-0.05, 0) is 31.0 Å². The van der Waals surface area contributed by atoms with Gasteiger partial charge in [0.25, 0.3) is 0 Å². The summed E-state index contributed by atoms with van der Waals surface area (Å²) in [6, 6.07) is 17.7. The van der Waals surface area contributed by atoms with Gasteiger partial charge in [0, 0.05) is 7.05 Å². The largest absolute Gasteiger partial charge is 0.323 e. The summed E-state index contributed by atoms with van der Waals surface area (Å²) in [5.41, 5.74) is 0.965. The van der Waals surface area contributed by atoms with Crippen LogP contribution in [0.1, 0.15) is 64.0 Å². The van der Waals surface area contributed by atoms with Crippen molar-refractivity contribution in [1.82, 2.24) is 9.80 Å². The Labute approximate surface area is 187 Å². The van der Waals surface area contributed by atoms with Gasteiger partial charge >= 0.3 is 6.03 Å². The summed E-state index contributed by atoms with van der Waals surface area (Å²) in [7, 11) is -1.96. The highest BCUT2D eigenvalue weighted by Crippen LogP contribution is 2.39. The van der Waals surface area contributed by atoms with Crippen molar-refractivity contribution in [2.45, 2.75) is 74.7 Å². The highest BCUT2D eigenvalue weighted by molar-refractivity contribution is 7.92. The Morgan fingerprint density at radius 1 is 0.903 bits per heavy atom. The summed E-state index contributed by atoms with van der Waals surface area (Å²) in [6.07, 6.45) is 5.55. The lowest BCUT2D eigenvalue weighted by Crippen LogP contribution is -2.44. The summed E-state index contributed by atoms with van der Waals surface area (Å²) >= 11 is 0. The maximum atomic E-state index is 13.8. The molecule has 0 spiro atoms. The van der Waals surface area contributed by atoms with Crippen LogP contribution in [0.15, 0.2) is 65.6 Å². The smallest absolute Gasteiger partial charge is 0.321 e. The molecule has 2 aromatic carbocycles. The van der Waals surface area contributed by atoms with Crippen LogP contribution in [0.3, 0.4) is 0 Å². The van der Waals surface area contributed by atoms with Crippen LogP contribution in [0.2, 0.25) is 0 Å². The molecular weight excluding hydrogens is 408 g/mol. The van der Waals surface area contributed by atoms with Crippen molar-refractivity contribution in [3.63, 3.8) is 0 Å². The minimum atomic E-state index is -3.72. The molecule has 3 rings (SSSR count). The molecule has 0 aliphatic carbocycles. The van der Waals surface area contributed by atoms with Gasteiger partial charge in [0.05, 0.1) is 17.0 Å². The SMILES string of the molecule is CCCCCCC[C@@H](N1C(=O)N(C)[C@@H](C)[C@H]1c1ccccc1)S(=O)(=O)c1ccccc1. The molecule has 2 amide bonds. The van der Waals surface area contributed by atoms with Gasteiger partial charge in [-0.15, -0.1) is 0 Å². The van der Waals surface area contributed by atoms with Crippen molar-refractivity contribution in [2.75, 3.05) is 7.05 Å². The molecule has 2 aromatic rings. The van der Waals surface area contributed by atoms with Crippen molar-refractivity contribution in [3.8, 4) is 0 Å². The zero-order valence-electron chi connectivity index (χ0n) is 18.8. The lowest BCUT2D eigenvalue weighted by molar-refractivity contribution is 0.181. The molecule has 1 aliphatic rings. The normalized spacial score (nSPS) is 20.3. The van der Waals surface area contributed by atoms with Crippen LogP contribution in [0.5, 0.6) is 0 Å². The Morgan fingerprint density at radius 2 is 1.48 bits per heavy atom. The molecule has 0 bridgehead atoms. The van der Waals surface area contributed by atoms with E-state index in [0.717, 1.165) is 37.7 Å². The number of benzene rings is 2. The van der Waals surface area contributed by atoms with Crippen LogP contribution in [-0.2, 0) is 9.84 Å². The predicted octanol–water partition coefficient (Wildman–Crippen LogP) is 5.64. The summed E-state index contributed by atoms with van der Waals surface area (Å²) < 4.78 is 27.5. The molecule has 0 aromatic heterocycles. The van der Waals surface area contributed by atoms with Gasteiger partial charge in [-0.25, -0.2) is 13.2 Å². The molecule has 1 saturated heterocycles. The topological polar surface area (TPSA) is 57.7 Å². The van der Waals surface area contributed by atoms with Crippen LogP contribution in [0.4, 0.5) is 4.79 Å². The number of urea groups is 1. The molecule has 31 heavy (non-hydrogen) atoms. The molecule has 0 radical (unpaired) electrons. The number of sulfone groups is 1. The van der Waals surface area contributed by atoms with Gasteiger partial charge < -0.3 is 4.90 Å². The highest BCUT2D eigenvalue weighted by Gasteiger charge is 2.49. The van der Waals surface area contributed by atoms with Crippen LogP contribution in [-0.4, -0.2) is 42.7 Å². The fourth-order valence-electron chi connectivity index (χ4n) is 4.44. The number of nitrogens with zero attached hydrogens (tertiary/aromatic N) is 2. The van der Waals surface area contributed by atoms with E-state index in [1.807, 2.05) is 43.3 Å². The molecular formula is C25H34N2O3S. The first kappa shape index (κ1) is 23.3. The van der Waals surface area contributed by atoms with Gasteiger partial charge in [0.15, 0.2) is 9.84 Å². The quantitative estimate of drug-likeness (QED) is 0.447. The lowest BCUT2D eigenvalue weighted by Gasteiger charge is -2.33. The second-order valence-corrected chi connectivity index (χ2v) is 10.5. The third-order valence-corrected chi connectivity index (χ3v) is 8.43. The molecule has 6 heteroatoms. The molecule has 1 heterocycles. The van der Waals surface area contributed by atoms with Gasteiger partial charge in [-0.2, -0.15) is 0 Å². The lowest BCUT2D eigenvalue weighted by atomic mass is 10.00. The number of amides is 2. The van der Waals surface area contributed by atoms with Crippen molar-refractivity contribution in [2.24, 2.45) is 0 Å². The van der Waals surface area contributed by atoms with Gasteiger partial charge in [-0.1, -0.05) is 87.6 Å². The number of likely N-dealkylation sites (N-methyl/N-ethyl adjacent to an activating group) is 1. The maximum absolute atomic E-state index is 13.8. The minimum Gasteiger partial charge on any atom is -0.323 e. The van der Waals surface area contributed by atoms with E-state index in [1.54, 1.807) is 41.1 Å². The predicted molar refractivity (Wildman–Crippen MR) is 124 cm³/mol. The third-order valence-electron chi connectivity index (χ3n) is 6.33. The molecule has 0 saturated carbocycles. The number of rotatable bonds is 10. The molecule has 1 aliphatic heterocycles. The minimum absolute atomic E-state index is 0.122. The fraction of sp³-hybridized carbons (Fsp3) is 0.480. The molecule has 5 nitrogen and oxygen atoms in total. The van der Waals surface area contributed by atoms with E-state index in [2.05, 4.69) is 6.92 Å². The number of carbonyl (C=O) groups is 1. The van der Waals surface area contributed by atoms with E-state index >= 15 is 0 Å². The van der Waals surface area contributed by atoms with Gasteiger partial charge in [-0.3, -0.25) is 4.90 Å². The first-order valence-electron chi connectivity index (χ1n) is 11.3. The van der Waals surface area contributed by atoms with Crippen molar-refractivity contribution < 1.29 is 13.2 Å². The Kier molecular flexibility index (Phi) is 7.76. The van der Waals surface area contributed by atoms with E-state index in [0.29, 0.717) is 6.42 Å². The van der Waals surface area contributed by atoms with E-state index in [1.165, 1.54) is 0 Å². The van der Waals surface area contributed by atoms with Crippen LogP contribution in [0.25, 0.3) is 0 Å². The Balaban J connectivity index is 2.00. The molecule has 0 unspecified atom stereocenters. The number of unbranched alkanes of at least 4 members (excludes halogenated alkanes) is 4. The Morgan fingerprint density at radius 3 is 2.10 bits per heavy atom. The van der Waals surface area contributed by atoms with Crippen molar-refractivity contribution in [1.29, 1.82) is 0 Å². The molecule has 1 fully saturated rings. The second-order valence-electron chi connectivity index (χ2n) is 8.41. The zero-order valence-corrected chi connectivity index (χ0v) is 19.6. The maximum Gasteiger partial charge on any atom is 0.321 e. The van der Waals surface area contributed by atoms with Gasteiger partial charge in [0.1, 0.15) is 5.37 Å². The van der Waals surface area contributed by atoms with E-state index in [4.69, 9.17) is 0 Å². The molecule has 3 atom stereocenters. The first-order valence-corrected chi connectivity index (χ1v) is 12.8. The van der Waals surface area contributed by atoms with E-state index in [9.17, 15) is 13.2 Å². The van der Waals surface area contributed by atoms with Crippen molar-refractivity contribution in [3.05, 3.63) is 66.2 Å². The average molecular weight is 443 g/mol. The number of hydrogen-bond donors (Lipinski definition) is 0. The van der Waals surface area contributed by atoms with Crippen LogP contribution >= 0.6 is 0 Å². The van der Waals surface area contributed by atoms with Gasteiger partial charge in [0.2, 0.25) is 0 Å². The molecule has 0 N–H and O–H groups in total. The number of carbonyl (C=O) groups excluding carboxylic acids is 1. The standard InChI is InChI=1S/C25H34N2O3S/c1-4-5-6-7-14-19-23(31(29,30)22-17-12-9-13-18-22)27-24(20(2)26(3)25(27)28)21-15-10-8-11-16-21/h8-13,15-18,20,23-24H,4-7,14,19H2,1-3H3/t20-,23-,24-/m0/s1. The Bertz CT molecular complexity index is 947. The fourth-order valence-corrected chi connectivity index (χ4v) is 6.29. The number of hydrogen-bond acceptors (Lipinski definition) is 3. The summed E-state index contributed by atoms with van der Waals surface area (Å²) in [4.78, 5) is 16.9. The molecule has 168 valence electrons. The van der Waals surface area contributed by atoms with Crippen LogP contribution < -0.4 is 0 Å². The average Bonchev–Trinajstić information content (AvgIpc) is 3.01. The first-order chi connectivity index (χ1) is 14.9. The van der Waals surface area contributed by atoms with E-state index in [-0.39, 0.29) is 23.0 Å². The summed E-state index contributed by atoms with van der Waals surface area (Å²) in [6.45, 7) is 4.15. The summed E-state index contributed by atoms with van der Waals surface area (Å²) in [5, 5.41) is -0.887. The van der Waals surface area contributed by atoms with Crippen molar-refractivity contribution >= 4 is 15.9 Å². The monoisotopic (exact) mass is 442 g/mol. The zero-order chi connectivity index (χ0) is 22.4. The highest BCUT2D eigenvalue weighted by atomic mass is 32.2. The van der Waals surface area contributed by atoms with Crippen LogP contribution in [0, 0.1) is 0 Å².